The van der Waals surface area contributed by atoms with E-state index in [1.807, 2.05) is 19.1 Å². The second-order valence-electron chi connectivity index (χ2n) is 3.38. The van der Waals surface area contributed by atoms with Crippen LogP contribution >= 0.6 is 0 Å². The Labute approximate surface area is 95.5 Å². The number of terminal acetylenes is 1. The van der Waals surface area contributed by atoms with Gasteiger partial charge < -0.3 is 5.32 Å². The number of hydrogen-bond donors (Lipinski definition) is 2. The lowest BCUT2D eigenvalue weighted by Crippen LogP contribution is -2.35. The summed E-state index contributed by atoms with van der Waals surface area (Å²) in [4.78, 5) is 15.4. The highest BCUT2D eigenvalue weighted by molar-refractivity contribution is 5.78. The Kier molecular flexibility index (Phi) is 5.03. The quantitative estimate of drug-likeness (QED) is 0.557. The molecule has 4 heteroatoms. The normalized spacial score (nSPS) is 11.5. The molecule has 0 saturated carbocycles. The molecular weight excluding hydrogens is 202 g/mol. The number of rotatable bonds is 5. The molecule has 1 rings (SSSR count). The van der Waals surface area contributed by atoms with Gasteiger partial charge in [0.25, 0.3) is 0 Å². The molecule has 0 saturated heterocycles. The number of nitrogens with zero attached hydrogens (tertiary/aromatic N) is 1. The van der Waals surface area contributed by atoms with Crippen molar-refractivity contribution < 1.29 is 4.79 Å². The van der Waals surface area contributed by atoms with E-state index in [1.54, 1.807) is 12.4 Å². The maximum Gasteiger partial charge on any atom is 0.234 e. The summed E-state index contributed by atoms with van der Waals surface area (Å²) in [5, 5.41) is 5.67. The zero-order chi connectivity index (χ0) is 11.8. The van der Waals surface area contributed by atoms with Gasteiger partial charge >= 0.3 is 0 Å². The van der Waals surface area contributed by atoms with E-state index < -0.39 is 0 Å². The first-order chi connectivity index (χ1) is 7.74. The molecule has 0 aliphatic heterocycles. The van der Waals surface area contributed by atoms with E-state index >= 15 is 0 Å². The molecule has 0 unspecified atom stereocenters. The van der Waals surface area contributed by atoms with E-state index in [2.05, 4.69) is 21.5 Å². The molecule has 0 spiro atoms. The van der Waals surface area contributed by atoms with Crippen LogP contribution in [-0.2, 0) is 4.79 Å². The molecule has 0 aliphatic rings. The van der Waals surface area contributed by atoms with Gasteiger partial charge in [0.15, 0.2) is 0 Å². The SMILES string of the molecule is C#CCNCC(=O)N[C@@H](C)c1cccnc1. The van der Waals surface area contributed by atoms with Crippen molar-refractivity contribution in [2.24, 2.45) is 0 Å². The Morgan fingerprint density at radius 1 is 1.69 bits per heavy atom. The number of pyridine rings is 1. The van der Waals surface area contributed by atoms with Gasteiger partial charge in [-0.3, -0.25) is 15.1 Å². The first kappa shape index (κ1) is 12.2. The number of aromatic nitrogens is 1. The molecule has 1 aromatic heterocycles. The lowest BCUT2D eigenvalue weighted by Gasteiger charge is -2.13. The topological polar surface area (TPSA) is 54.0 Å². The Balaban J connectivity index is 2.37. The van der Waals surface area contributed by atoms with Crippen LogP contribution in [0.4, 0.5) is 0 Å². The Morgan fingerprint density at radius 2 is 2.50 bits per heavy atom. The van der Waals surface area contributed by atoms with E-state index in [0.29, 0.717) is 6.54 Å². The average molecular weight is 217 g/mol. The van der Waals surface area contributed by atoms with Crippen LogP contribution in [0.2, 0.25) is 0 Å². The van der Waals surface area contributed by atoms with Crippen molar-refractivity contribution in [2.45, 2.75) is 13.0 Å². The number of nitrogens with one attached hydrogen (secondary N) is 2. The zero-order valence-corrected chi connectivity index (χ0v) is 9.23. The number of hydrogen-bond acceptors (Lipinski definition) is 3. The van der Waals surface area contributed by atoms with Crippen molar-refractivity contribution in [3.05, 3.63) is 30.1 Å². The second-order valence-corrected chi connectivity index (χ2v) is 3.38. The van der Waals surface area contributed by atoms with Crippen LogP contribution < -0.4 is 10.6 Å². The molecule has 0 aromatic carbocycles. The lowest BCUT2D eigenvalue weighted by molar-refractivity contribution is -0.120. The maximum atomic E-state index is 11.4. The fraction of sp³-hybridized carbons (Fsp3) is 0.333. The zero-order valence-electron chi connectivity index (χ0n) is 9.23. The number of carbonyl (C=O) groups excluding carboxylic acids is 1. The molecule has 2 N–H and O–H groups in total. The van der Waals surface area contributed by atoms with Gasteiger partial charge in [-0.05, 0) is 18.6 Å². The highest BCUT2D eigenvalue weighted by Crippen LogP contribution is 2.08. The van der Waals surface area contributed by atoms with Gasteiger partial charge in [-0.2, -0.15) is 0 Å². The largest absolute Gasteiger partial charge is 0.348 e. The summed E-state index contributed by atoms with van der Waals surface area (Å²) in [6, 6.07) is 3.72. The van der Waals surface area contributed by atoms with Crippen LogP contribution in [0.3, 0.4) is 0 Å². The van der Waals surface area contributed by atoms with Gasteiger partial charge in [0.1, 0.15) is 0 Å². The molecule has 4 nitrogen and oxygen atoms in total. The number of amides is 1. The van der Waals surface area contributed by atoms with Gasteiger partial charge in [0.05, 0.1) is 19.1 Å². The highest BCUT2D eigenvalue weighted by atomic mass is 16.1. The molecule has 84 valence electrons. The smallest absolute Gasteiger partial charge is 0.234 e. The van der Waals surface area contributed by atoms with Crippen molar-refractivity contribution in [1.29, 1.82) is 0 Å². The lowest BCUT2D eigenvalue weighted by atomic mass is 10.1. The minimum atomic E-state index is -0.0772. The van der Waals surface area contributed by atoms with Gasteiger partial charge in [0.2, 0.25) is 5.91 Å². The minimum Gasteiger partial charge on any atom is -0.348 e. The van der Waals surface area contributed by atoms with Crippen LogP contribution in [0.15, 0.2) is 24.5 Å². The van der Waals surface area contributed by atoms with Crippen LogP contribution in [0.25, 0.3) is 0 Å². The molecule has 0 fully saturated rings. The molecule has 1 atom stereocenters. The molecule has 1 heterocycles. The molecule has 0 aliphatic carbocycles. The van der Waals surface area contributed by atoms with E-state index in [9.17, 15) is 4.79 Å². The Morgan fingerprint density at radius 3 is 3.12 bits per heavy atom. The molecule has 0 bridgehead atoms. The van der Waals surface area contributed by atoms with Crippen molar-refractivity contribution >= 4 is 5.91 Å². The summed E-state index contributed by atoms with van der Waals surface area (Å²) in [5.41, 5.74) is 0.979. The van der Waals surface area contributed by atoms with E-state index in [4.69, 9.17) is 6.42 Å². The fourth-order valence-corrected chi connectivity index (χ4v) is 1.26. The second kappa shape index (κ2) is 6.59. The third kappa shape index (κ3) is 4.11. The van der Waals surface area contributed by atoms with E-state index in [1.165, 1.54) is 0 Å². The predicted octanol–water partition coefficient (Wildman–Crippen LogP) is 0.482. The van der Waals surface area contributed by atoms with Crippen molar-refractivity contribution in [3.8, 4) is 12.3 Å². The van der Waals surface area contributed by atoms with Gasteiger partial charge in [-0.1, -0.05) is 12.0 Å². The number of carbonyl (C=O) groups is 1. The van der Waals surface area contributed by atoms with Gasteiger partial charge in [-0.25, -0.2) is 0 Å². The average Bonchev–Trinajstić information content (AvgIpc) is 2.30. The van der Waals surface area contributed by atoms with Crippen molar-refractivity contribution in [2.75, 3.05) is 13.1 Å². The Hall–Kier alpha value is -1.86. The summed E-state index contributed by atoms with van der Waals surface area (Å²) >= 11 is 0. The van der Waals surface area contributed by atoms with Crippen molar-refractivity contribution in [1.82, 2.24) is 15.6 Å². The molecule has 16 heavy (non-hydrogen) atoms. The first-order valence-electron chi connectivity index (χ1n) is 5.07. The molecule has 0 radical (unpaired) electrons. The van der Waals surface area contributed by atoms with Gasteiger partial charge in [0, 0.05) is 12.4 Å². The highest BCUT2D eigenvalue weighted by Gasteiger charge is 2.08. The van der Waals surface area contributed by atoms with Crippen LogP contribution in [-0.4, -0.2) is 24.0 Å². The molecule has 1 amide bonds. The molecular formula is C12H15N3O. The molecule has 1 aromatic rings. The van der Waals surface area contributed by atoms with Crippen LogP contribution in [0.1, 0.15) is 18.5 Å². The summed E-state index contributed by atoms with van der Waals surface area (Å²) in [7, 11) is 0. The summed E-state index contributed by atoms with van der Waals surface area (Å²) in [5.74, 6) is 2.33. The monoisotopic (exact) mass is 217 g/mol. The maximum absolute atomic E-state index is 11.4. The van der Waals surface area contributed by atoms with E-state index in [0.717, 1.165) is 5.56 Å². The van der Waals surface area contributed by atoms with Gasteiger partial charge in [-0.15, -0.1) is 6.42 Å². The third-order valence-electron chi connectivity index (χ3n) is 2.07. The van der Waals surface area contributed by atoms with Crippen LogP contribution in [0.5, 0.6) is 0 Å². The van der Waals surface area contributed by atoms with Crippen LogP contribution in [0, 0.1) is 12.3 Å². The first-order valence-corrected chi connectivity index (χ1v) is 5.07. The standard InChI is InChI=1S/C12H15N3O/c1-3-6-13-9-12(16)15-10(2)11-5-4-7-14-8-11/h1,4-5,7-8,10,13H,6,9H2,2H3,(H,15,16)/t10-/m0/s1. The fourth-order valence-electron chi connectivity index (χ4n) is 1.26. The summed E-state index contributed by atoms with van der Waals surface area (Å²) < 4.78 is 0. The Bertz CT molecular complexity index is 370. The third-order valence-corrected chi connectivity index (χ3v) is 2.07. The summed E-state index contributed by atoms with van der Waals surface area (Å²) in [6.07, 6.45) is 8.49. The van der Waals surface area contributed by atoms with Crippen molar-refractivity contribution in [3.63, 3.8) is 0 Å². The minimum absolute atomic E-state index is 0.0474. The summed E-state index contributed by atoms with van der Waals surface area (Å²) in [6.45, 7) is 2.54. The predicted molar refractivity (Wildman–Crippen MR) is 62.5 cm³/mol. The van der Waals surface area contributed by atoms with E-state index in [-0.39, 0.29) is 18.5 Å².